The molecule has 0 amide bonds. The molecule has 0 saturated carbocycles. The molecule has 2 aromatic rings. The van der Waals surface area contributed by atoms with E-state index in [9.17, 15) is 0 Å². The highest BCUT2D eigenvalue weighted by Gasteiger charge is 2.20. The highest BCUT2D eigenvalue weighted by atomic mass is 31.2. The standard InChI is InChI=1S/C27H35O3P/c1-2-3-4-5-6-7-10-15-24-20-22-27(23-21-24)30-31(28-25-16-11-8-12-17-25)29-26-18-13-9-14-19-26/h8,11-13,16-23H,2-7,9-10,14-15H2,1H3. The molecule has 1 aliphatic carbocycles. The van der Waals surface area contributed by atoms with Gasteiger partial charge in [0.05, 0.1) is 0 Å². The van der Waals surface area contributed by atoms with E-state index in [1.54, 1.807) is 0 Å². The number of para-hydroxylation sites is 1. The largest absolute Gasteiger partial charge is 0.530 e. The molecule has 0 fully saturated rings. The molecule has 0 heterocycles. The van der Waals surface area contributed by atoms with Crippen molar-refractivity contribution in [1.82, 2.24) is 0 Å². The first-order valence-corrected chi connectivity index (χ1v) is 12.8. The van der Waals surface area contributed by atoms with Crippen molar-refractivity contribution in [2.75, 3.05) is 0 Å². The van der Waals surface area contributed by atoms with Gasteiger partial charge in [-0.3, -0.25) is 0 Å². The highest BCUT2D eigenvalue weighted by molar-refractivity contribution is 7.42. The van der Waals surface area contributed by atoms with Crippen LogP contribution in [0.1, 0.15) is 70.3 Å². The van der Waals surface area contributed by atoms with Gasteiger partial charge in [-0.05, 0) is 67.7 Å². The second-order valence-corrected chi connectivity index (χ2v) is 8.91. The number of aryl methyl sites for hydroxylation is 1. The third kappa shape index (κ3) is 9.19. The quantitative estimate of drug-likeness (QED) is 0.218. The van der Waals surface area contributed by atoms with Crippen LogP contribution in [0.2, 0.25) is 0 Å². The number of benzene rings is 2. The van der Waals surface area contributed by atoms with E-state index in [1.165, 1.54) is 50.5 Å². The lowest BCUT2D eigenvalue weighted by molar-refractivity contribution is 0.338. The Labute approximate surface area is 189 Å². The summed E-state index contributed by atoms with van der Waals surface area (Å²) in [5.41, 5.74) is 1.35. The van der Waals surface area contributed by atoms with Crippen LogP contribution in [0.25, 0.3) is 0 Å². The Kier molecular flexibility index (Phi) is 10.5. The minimum atomic E-state index is -1.59. The number of hydrogen-bond donors (Lipinski definition) is 0. The van der Waals surface area contributed by atoms with Gasteiger partial charge in [0.15, 0.2) is 0 Å². The normalized spacial score (nSPS) is 14.0. The van der Waals surface area contributed by atoms with Gasteiger partial charge in [0.1, 0.15) is 17.3 Å². The Morgan fingerprint density at radius 3 is 2.06 bits per heavy atom. The predicted molar refractivity (Wildman–Crippen MR) is 130 cm³/mol. The van der Waals surface area contributed by atoms with Crippen molar-refractivity contribution >= 4 is 8.60 Å². The van der Waals surface area contributed by atoms with Crippen molar-refractivity contribution in [3.8, 4) is 11.5 Å². The molecule has 4 heteroatoms. The van der Waals surface area contributed by atoms with Crippen LogP contribution in [-0.2, 0) is 10.9 Å². The van der Waals surface area contributed by atoms with Crippen LogP contribution in [0.4, 0.5) is 0 Å². The summed E-state index contributed by atoms with van der Waals surface area (Å²) in [4.78, 5) is 0. The highest BCUT2D eigenvalue weighted by Crippen LogP contribution is 2.44. The Hall–Kier alpha value is -2.25. The van der Waals surface area contributed by atoms with Crippen LogP contribution < -0.4 is 9.05 Å². The van der Waals surface area contributed by atoms with Gasteiger partial charge in [0.2, 0.25) is 0 Å². The summed E-state index contributed by atoms with van der Waals surface area (Å²) in [6.45, 7) is 2.26. The summed E-state index contributed by atoms with van der Waals surface area (Å²) in [5.74, 6) is 2.32. The Morgan fingerprint density at radius 2 is 1.39 bits per heavy atom. The minimum Gasteiger partial charge on any atom is -0.409 e. The first-order valence-electron chi connectivity index (χ1n) is 11.7. The lowest BCUT2D eigenvalue weighted by Crippen LogP contribution is -2.00. The molecule has 0 N–H and O–H groups in total. The summed E-state index contributed by atoms with van der Waals surface area (Å²) in [6.07, 6.45) is 18.7. The molecule has 0 bridgehead atoms. The fourth-order valence-corrected chi connectivity index (χ4v) is 4.46. The molecule has 0 saturated heterocycles. The van der Waals surface area contributed by atoms with Crippen molar-refractivity contribution in [2.45, 2.75) is 71.1 Å². The predicted octanol–water partition coefficient (Wildman–Crippen LogP) is 8.91. The van der Waals surface area contributed by atoms with Gasteiger partial charge >= 0.3 is 8.60 Å². The van der Waals surface area contributed by atoms with Crippen molar-refractivity contribution in [1.29, 1.82) is 0 Å². The molecule has 3 nitrogen and oxygen atoms in total. The molecule has 0 radical (unpaired) electrons. The van der Waals surface area contributed by atoms with E-state index in [0.717, 1.165) is 36.5 Å². The average molecular weight is 439 g/mol. The molecular formula is C27H35O3P. The Balaban J connectivity index is 1.50. The van der Waals surface area contributed by atoms with Crippen molar-refractivity contribution in [3.05, 3.63) is 84.1 Å². The summed E-state index contributed by atoms with van der Waals surface area (Å²) < 4.78 is 18.2. The fourth-order valence-electron chi connectivity index (χ4n) is 3.46. The van der Waals surface area contributed by atoms with E-state index >= 15 is 0 Å². The molecule has 0 spiro atoms. The van der Waals surface area contributed by atoms with Gasteiger partial charge in [-0.2, -0.15) is 0 Å². The van der Waals surface area contributed by atoms with E-state index in [-0.39, 0.29) is 0 Å². The Bertz CT molecular complexity index is 799. The van der Waals surface area contributed by atoms with Crippen LogP contribution in [0.3, 0.4) is 0 Å². The SMILES string of the molecule is CCCCCCCCCc1ccc(OP(OC2=CCCC=C2)Oc2ccccc2)cc1. The number of rotatable bonds is 14. The zero-order valence-electron chi connectivity index (χ0n) is 18.7. The summed E-state index contributed by atoms with van der Waals surface area (Å²) in [5, 5.41) is 0. The zero-order chi connectivity index (χ0) is 21.6. The van der Waals surface area contributed by atoms with E-state index in [1.807, 2.05) is 48.5 Å². The fraction of sp³-hybridized carbons (Fsp3) is 0.407. The third-order valence-corrected chi connectivity index (χ3v) is 6.32. The van der Waals surface area contributed by atoms with Gasteiger partial charge in [-0.25, -0.2) is 0 Å². The molecule has 166 valence electrons. The first kappa shape index (κ1) is 23.4. The van der Waals surface area contributed by atoms with Gasteiger partial charge in [-0.1, -0.05) is 81.9 Å². The van der Waals surface area contributed by atoms with Gasteiger partial charge in [0, 0.05) is 0 Å². The van der Waals surface area contributed by atoms with Crippen LogP contribution in [0, 0.1) is 0 Å². The van der Waals surface area contributed by atoms with E-state index in [4.69, 9.17) is 13.6 Å². The van der Waals surface area contributed by atoms with Crippen molar-refractivity contribution in [3.63, 3.8) is 0 Å². The topological polar surface area (TPSA) is 27.7 Å². The van der Waals surface area contributed by atoms with Crippen molar-refractivity contribution in [2.24, 2.45) is 0 Å². The molecule has 1 aliphatic rings. The second-order valence-electron chi connectivity index (χ2n) is 7.91. The summed E-state index contributed by atoms with van der Waals surface area (Å²) >= 11 is 0. The van der Waals surface area contributed by atoms with Crippen molar-refractivity contribution < 1.29 is 13.6 Å². The lowest BCUT2D eigenvalue weighted by Gasteiger charge is -2.19. The minimum absolute atomic E-state index is 0.740. The number of allylic oxidation sites excluding steroid dienone is 3. The number of unbranched alkanes of at least 4 members (excludes halogenated alkanes) is 6. The molecule has 2 aromatic carbocycles. The zero-order valence-corrected chi connectivity index (χ0v) is 19.6. The van der Waals surface area contributed by atoms with Gasteiger partial charge < -0.3 is 13.6 Å². The van der Waals surface area contributed by atoms with Crippen LogP contribution in [-0.4, -0.2) is 0 Å². The first-order chi connectivity index (χ1) is 15.3. The van der Waals surface area contributed by atoms with Gasteiger partial charge in [0.25, 0.3) is 0 Å². The maximum absolute atomic E-state index is 6.10. The molecule has 0 aliphatic heterocycles. The molecular weight excluding hydrogens is 403 g/mol. The van der Waals surface area contributed by atoms with Crippen LogP contribution >= 0.6 is 8.60 Å². The monoisotopic (exact) mass is 438 g/mol. The molecule has 1 unspecified atom stereocenters. The van der Waals surface area contributed by atoms with E-state index in [2.05, 4.69) is 31.2 Å². The molecule has 3 rings (SSSR count). The average Bonchev–Trinajstić information content (AvgIpc) is 2.81. The second kappa shape index (κ2) is 13.9. The maximum atomic E-state index is 6.10. The third-order valence-electron chi connectivity index (χ3n) is 5.24. The lowest BCUT2D eigenvalue weighted by atomic mass is 10.0. The van der Waals surface area contributed by atoms with Crippen LogP contribution in [0.15, 0.2) is 78.6 Å². The number of hydrogen-bond acceptors (Lipinski definition) is 3. The molecule has 0 aromatic heterocycles. The smallest absolute Gasteiger partial charge is 0.409 e. The summed E-state index contributed by atoms with van der Waals surface area (Å²) in [7, 11) is -1.59. The van der Waals surface area contributed by atoms with E-state index < -0.39 is 8.60 Å². The Morgan fingerprint density at radius 1 is 0.710 bits per heavy atom. The van der Waals surface area contributed by atoms with Crippen LogP contribution in [0.5, 0.6) is 11.5 Å². The van der Waals surface area contributed by atoms with Gasteiger partial charge in [-0.15, -0.1) is 0 Å². The van der Waals surface area contributed by atoms with E-state index in [0.29, 0.717) is 0 Å². The molecule has 1 atom stereocenters. The maximum Gasteiger partial charge on any atom is 0.530 e. The summed E-state index contributed by atoms with van der Waals surface area (Å²) in [6, 6.07) is 18.0. The molecule has 31 heavy (non-hydrogen) atoms.